The third-order valence-corrected chi connectivity index (χ3v) is 10.2. The van der Waals surface area contributed by atoms with Gasteiger partial charge in [-0.3, -0.25) is 24.3 Å². The molecule has 2 aromatic rings. The molecule has 0 bridgehead atoms. The summed E-state index contributed by atoms with van der Waals surface area (Å²) >= 11 is 4.75. The molecule has 0 aromatic carbocycles. The standard InChI is InChI=1S/C23H25FN10O6S4/c24-2-4-40-33-15(10-6-43-23(27)30-10)18(36)32-16-19(37)34-17(21(38)39)13(7-42-20(16)34)44-11-1-3-28-5-12(11)41-8-14(29-9-35)31-22(25)26/h1,3,5-6,9,14,16,20H,2,4,7-8H2,(H2,27,30)(H,29,35)(H,32,36)(H,38,39)(H4,25,26,31)/t14?,16-,20+/m1/s1. The largest absolute Gasteiger partial charge is 0.477 e. The van der Waals surface area contributed by atoms with E-state index in [0.29, 0.717) is 21.1 Å². The summed E-state index contributed by atoms with van der Waals surface area (Å²) in [5.41, 5.74) is 16.1. The van der Waals surface area contributed by atoms with Crippen molar-refractivity contribution in [1.29, 1.82) is 0 Å². The summed E-state index contributed by atoms with van der Waals surface area (Å²) in [6.45, 7) is -1.24. The first-order chi connectivity index (χ1) is 21.1. The van der Waals surface area contributed by atoms with Crippen LogP contribution in [0.1, 0.15) is 5.69 Å². The molecule has 2 aromatic heterocycles. The number of nitrogen functional groups attached to an aromatic ring is 1. The second-order valence-electron chi connectivity index (χ2n) is 8.56. The number of carbonyl (C=O) groups is 4. The first-order valence-corrected chi connectivity index (χ1v) is 16.1. The minimum absolute atomic E-state index is 0.0752. The minimum atomic E-state index is -1.32. The predicted molar refractivity (Wildman–Crippen MR) is 164 cm³/mol. The Morgan fingerprint density at radius 2 is 2.16 bits per heavy atom. The van der Waals surface area contributed by atoms with Crippen LogP contribution >= 0.6 is 46.6 Å². The monoisotopic (exact) mass is 684 g/mol. The Bertz CT molecular complexity index is 1520. The van der Waals surface area contributed by atoms with Crippen molar-refractivity contribution in [3.8, 4) is 0 Å². The summed E-state index contributed by atoms with van der Waals surface area (Å²) in [5.74, 6) is -2.52. The number of carbonyl (C=O) groups excluding carboxylic acids is 3. The number of thioether (sulfide) groups is 3. The molecule has 9 N–H and O–H groups in total. The van der Waals surface area contributed by atoms with Crippen LogP contribution in [-0.2, 0) is 24.0 Å². The van der Waals surface area contributed by atoms with Gasteiger partial charge in [0.2, 0.25) is 6.41 Å². The number of nitrogens with one attached hydrogen (secondary N) is 2. The van der Waals surface area contributed by atoms with Gasteiger partial charge in [-0.05, 0) is 6.07 Å². The topological polar surface area (TPSA) is 254 Å². The number of aromatic nitrogens is 2. The number of halogens is 1. The molecule has 1 saturated heterocycles. The molecular formula is C23H25FN10O6S4. The first-order valence-electron chi connectivity index (χ1n) is 12.4. The molecule has 44 heavy (non-hydrogen) atoms. The van der Waals surface area contributed by atoms with E-state index in [1.807, 2.05) is 0 Å². The number of thiazole rings is 1. The molecule has 21 heteroatoms. The van der Waals surface area contributed by atoms with Crippen molar-refractivity contribution in [3.63, 3.8) is 0 Å². The quantitative estimate of drug-likeness (QED) is 0.0269. The highest BCUT2D eigenvalue weighted by Crippen LogP contribution is 2.46. The Hall–Kier alpha value is -4.08. The molecule has 0 aliphatic carbocycles. The van der Waals surface area contributed by atoms with E-state index in [2.05, 4.69) is 30.7 Å². The van der Waals surface area contributed by atoms with Crippen molar-refractivity contribution < 1.29 is 33.5 Å². The molecule has 234 valence electrons. The lowest BCUT2D eigenvalue weighted by molar-refractivity contribution is -0.150. The average molecular weight is 685 g/mol. The van der Waals surface area contributed by atoms with Crippen LogP contribution in [0.15, 0.2) is 54.4 Å². The molecule has 4 heterocycles. The molecule has 0 spiro atoms. The number of alkyl halides is 1. The lowest BCUT2D eigenvalue weighted by Gasteiger charge is -2.49. The molecule has 2 aliphatic heterocycles. The highest BCUT2D eigenvalue weighted by atomic mass is 32.2. The van der Waals surface area contributed by atoms with Gasteiger partial charge in [-0.25, -0.2) is 19.2 Å². The number of fused-ring (bicyclic) bond motifs is 1. The molecule has 0 radical (unpaired) electrons. The summed E-state index contributed by atoms with van der Waals surface area (Å²) in [6, 6.07) is 0.623. The summed E-state index contributed by atoms with van der Waals surface area (Å²) in [5, 5.41) is 19.7. The van der Waals surface area contributed by atoms with E-state index in [1.165, 1.54) is 35.1 Å². The number of amides is 3. The van der Waals surface area contributed by atoms with Crippen LogP contribution in [0.4, 0.5) is 9.52 Å². The van der Waals surface area contributed by atoms with Gasteiger partial charge in [0.1, 0.15) is 42.3 Å². The Labute approximate surface area is 265 Å². The highest BCUT2D eigenvalue weighted by molar-refractivity contribution is 8.07. The van der Waals surface area contributed by atoms with Gasteiger partial charge in [-0.2, -0.15) is 0 Å². The molecule has 2 aliphatic rings. The molecule has 4 rings (SSSR count). The van der Waals surface area contributed by atoms with Crippen LogP contribution in [0.3, 0.4) is 0 Å². The van der Waals surface area contributed by atoms with Crippen molar-refractivity contribution >= 4 is 87.6 Å². The van der Waals surface area contributed by atoms with Gasteiger partial charge in [-0.1, -0.05) is 16.9 Å². The van der Waals surface area contributed by atoms with E-state index < -0.39 is 48.6 Å². The molecule has 3 amide bonds. The number of carboxylic acid groups (broad SMARTS) is 1. The van der Waals surface area contributed by atoms with E-state index in [4.69, 9.17) is 22.0 Å². The molecular weight excluding hydrogens is 660 g/mol. The highest BCUT2D eigenvalue weighted by Gasteiger charge is 2.54. The normalized spacial score (nSPS) is 18.5. The second-order valence-corrected chi connectivity index (χ2v) is 12.8. The lowest BCUT2D eigenvalue weighted by Crippen LogP contribution is -2.71. The number of nitrogens with zero attached hydrogens (tertiary/aromatic N) is 5. The van der Waals surface area contributed by atoms with Gasteiger partial charge in [-0.15, -0.1) is 34.9 Å². The van der Waals surface area contributed by atoms with Gasteiger partial charge in [0.05, 0.1) is 0 Å². The van der Waals surface area contributed by atoms with Crippen LogP contribution < -0.4 is 27.8 Å². The van der Waals surface area contributed by atoms with Gasteiger partial charge in [0, 0.05) is 44.0 Å². The van der Waals surface area contributed by atoms with Gasteiger partial charge < -0.3 is 37.8 Å². The summed E-state index contributed by atoms with van der Waals surface area (Å²) in [7, 11) is 0. The fourth-order valence-electron chi connectivity index (χ4n) is 3.87. The van der Waals surface area contributed by atoms with Gasteiger partial charge in [0.15, 0.2) is 16.8 Å². The maximum Gasteiger partial charge on any atom is 0.353 e. The van der Waals surface area contributed by atoms with E-state index in [1.54, 1.807) is 12.3 Å². The first kappa shape index (κ1) is 32.8. The molecule has 16 nitrogen and oxygen atoms in total. The van der Waals surface area contributed by atoms with E-state index >= 15 is 0 Å². The summed E-state index contributed by atoms with van der Waals surface area (Å²) < 4.78 is 12.5. The van der Waals surface area contributed by atoms with Crippen molar-refractivity contribution in [1.82, 2.24) is 25.5 Å². The number of aliphatic imine (C=N–C) groups is 1. The van der Waals surface area contributed by atoms with Crippen LogP contribution in [0.25, 0.3) is 0 Å². The Balaban J connectivity index is 1.51. The van der Waals surface area contributed by atoms with E-state index in [9.17, 15) is 28.7 Å². The number of oxime groups is 1. The number of hydrogen-bond acceptors (Lipinski definition) is 14. The SMILES string of the molecule is NC(N)=NC(CSc1cnccc1SC1=C(C(=O)O)N2C(=O)[C@@H](NC(=O)C(=NOCCF)c3csc(N)n3)[C@@H]2SC1)NC=O. The maximum absolute atomic E-state index is 13.2. The Kier molecular flexibility index (Phi) is 11.3. The van der Waals surface area contributed by atoms with Crippen LogP contribution in [0, 0.1) is 0 Å². The number of hydrogen-bond donors (Lipinski definition) is 6. The number of carboxylic acids is 1. The third kappa shape index (κ3) is 7.70. The number of pyridine rings is 1. The summed E-state index contributed by atoms with van der Waals surface area (Å²) in [6.07, 6.45) is 2.88. The van der Waals surface area contributed by atoms with Crippen molar-refractivity contribution in [2.45, 2.75) is 27.4 Å². The fourth-order valence-corrected chi connectivity index (χ4v) is 8.03. The molecule has 3 atom stereocenters. The van der Waals surface area contributed by atoms with Crippen LogP contribution in [0.2, 0.25) is 0 Å². The predicted octanol–water partition coefficient (Wildman–Crippen LogP) is -0.263. The third-order valence-electron chi connectivity index (χ3n) is 5.67. The maximum atomic E-state index is 13.2. The van der Waals surface area contributed by atoms with E-state index in [0.717, 1.165) is 28.0 Å². The fraction of sp³-hybridized carbons (Fsp3) is 0.304. The summed E-state index contributed by atoms with van der Waals surface area (Å²) in [4.78, 5) is 69.4. The second kappa shape index (κ2) is 15.1. The van der Waals surface area contributed by atoms with Gasteiger partial charge >= 0.3 is 5.97 Å². The zero-order chi connectivity index (χ0) is 31.8. The average Bonchev–Trinajstić information content (AvgIpc) is 3.42. The van der Waals surface area contributed by atoms with Crippen molar-refractivity contribution in [2.75, 3.05) is 30.5 Å². The number of anilines is 1. The van der Waals surface area contributed by atoms with Gasteiger partial charge in [0.25, 0.3) is 11.8 Å². The zero-order valence-electron chi connectivity index (χ0n) is 22.4. The van der Waals surface area contributed by atoms with Crippen molar-refractivity contribution in [3.05, 3.63) is 40.1 Å². The van der Waals surface area contributed by atoms with Crippen LogP contribution in [0.5, 0.6) is 0 Å². The number of nitrogens with two attached hydrogens (primary N) is 3. The number of rotatable bonds is 15. The number of guanidine groups is 1. The zero-order valence-corrected chi connectivity index (χ0v) is 25.7. The lowest BCUT2D eigenvalue weighted by atomic mass is 10.0. The van der Waals surface area contributed by atoms with Crippen molar-refractivity contribution in [2.24, 2.45) is 21.6 Å². The van der Waals surface area contributed by atoms with Crippen LogP contribution in [-0.4, -0.2) is 98.2 Å². The molecule has 1 unspecified atom stereocenters. The van der Waals surface area contributed by atoms with E-state index in [-0.39, 0.29) is 39.7 Å². The number of β-lactam (4-membered cyclic amide) rings is 1. The minimum Gasteiger partial charge on any atom is -0.477 e. The Morgan fingerprint density at radius 1 is 1.36 bits per heavy atom. The Morgan fingerprint density at radius 3 is 2.82 bits per heavy atom. The molecule has 1 fully saturated rings. The number of aliphatic carboxylic acids is 1. The smallest absolute Gasteiger partial charge is 0.353 e. The molecule has 0 saturated carbocycles.